The lowest BCUT2D eigenvalue weighted by atomic mass is 10.1. The quantitative estimate of drug-likeness (QED) is 0.728. The molecule has 4 nitrogen and oxygen atoms in total. The fourth-order valence-corrected chi connectivity index (χ4v) is 3.94. The van der Waals surface area contributed by atoms with Crippen LogP contribution in [0.25, 0.3) is 20.7 Å². The predicted molar refractivity (Wildman–Crippen MR) is 77.5 cm³/mol. The van der Waals surface area contributed by atoms with Gasteiger partial charge >= 0.3 is 0 Å². The van der Waals surface area contributed by atoms with Gasteiger partial charge in [0.1, 0.15) is 17.7 Å². The smallest absolute Gasteiger partial charge is 0.263 e. The Bertz CT molecular complexity index is 837. The summed E-state index contributed by atoms with van der Waals surface area (Å²) >= 11 is 3.12. The Morgan fingerprint density at radius 2 is 2.37 bits per heavy atom. The predicted octanol–water partition coefficient (Wildman–Crippen LogP) is 3.02. The third-order valence-corrected chi connectivity index (χ3v) is 4.76. The van der Waals surface area contributed by atoms with Gasteiger partial charge in [-0.15, -0.1) is 22.7 Å². The molecule has 0 aliphatic rings. The van der Waals surface area contributed by atoms with Gasteiger partial charge in [0.05, 0.1) is 11.5 Å². The normalized spacial score (nSPS) is 10.7. The van der Waals surface area contributed by atoms with Gasteiger partial charge in [0.15, 0.2) is 0 Å². The van der Waals surface area contributed by atoms with Gasteiger partial charge in [0.2, 0.25) is 0 Å². The van der Waals surface area contributed by atoms with E-state index < -0.39 is 0 Å². The molecule has 0 aliphatic heterocycles. The zero-order valence-electron chi connectivity index (χ0n) is 10.1. The molecule has 0 fully saturated rings. The SMILES string of the molecule is Cc1sc2ncn(CC#N)c(=O)c2c1-c1cccs1. The first kappa shape index (κ1) is 12.1. The summed E-state index contributed by atoms with van der Waals surface area (Å²) in [5.41, 5.74) is 0.819. The van der Waals surface area contributed by atoms with E-state index in [1.807, 2.05) is 30.5 Å². The summed E-state index contributed by atoms with van der Waals surface area (Å²) in [6.45, 7) is 2.02. The molecule has 3 aromatic rings. The number of hydrogen-bond donors (Lipinski definition) is 0. The van der Waals surface area contributed by atoms with E-state index in [9.17, 15) is 4.79 Å². The molecule has 3 heterocycles. The number of thiophene rings is 2. The molecule has 0 saturated carbocycles. The molecule has 0 aromatic carbocycles. The van der Waals surface area contributed by atoms with Gasteiger partial charge < -0.3 is 0 Å². The molecule has 3 aromatic heterocycles. The summed E-state index contributed by atoms with van der Waals surface area (Å²) in [5.74, 6) is 0. The van der Waals surface area contributed by atoms with E-state index in [1.54, 1.807) is 11.3 Å². The second-order valence-electron chi connectivity index (χ2n) is 4.03. The lowest BCUT2D eigenvalue weighted by molar-refractivity contribution is 0.777. The van der Waals surface area contributed by atoms with E-state index in [1.165, 1.54) is 22.2 Å². The van der Waals surface area contributed by atoms with E-state index in [4.69, 9.17) is 5.26 Å². The number of rotatable bonds is 2. The molecule has 0 bridgehead atoms. The highest BCUT2D eigenvalue weighted by Gasteiger charge is 2.17. The molecule has 0 radical (unpaired) electrons. The molecule has 0 atom stereocenters. The second kappa shape index (κ2) is 4.61. The first-order valence-electron chi connectivity index (χ1n) is 5.61. The Labute approximate surface area is 117 Å². The Morgan fingerprint density at radius 3 is 3.05 bits per heavy atom. The molecule has 0 amide bonds. The maximum atomic E-state index is 12.4. The van der Waals surface area contributed by atoms with Crippen LogP contribution in [0.15, 0.2) is 28.6 Å². The van der Waals surface area contributed by atoms with Gasteiger partial charge in [-0.2, -0.15) is 5.26 Å². The van der Waals surface area contributed by atoms with Gasteiger partial charge in [-0.3, -0.25) is 9.36 Å². The monoisotopic (exact) mass is 287 g/mol. The molecule has 0 unspecified atom stereocenters. The van der Waals surface area contributed by atoms with Crippen LogP contribution in [0, 0.1) is 18.3 Å². The number of hydrogen-bond acceptors (Lipinski definition) is 5. The van der Waals surface area contributed by atoms with Crippen LogP contribution in [0.1, 0.15) is 4.88 Å². The molecular formula is C13H9N3OS2. The van der Waals surface area contributed by atoms with Crippen molar-refractivity contribution in [3.63, 3.8) is 0 Å². The maximum absolute atomic E-state index is 12.4. The Hall–Kier alpha value is -1.97. The lowest BCUT2D eigenvalue weighted by Gasteiger charge is -2.00. The maximum Gasteiger partial charge on any atom is 0.263 e. The molecule has 0 N–H and O–H groups in total. The van der Waals surface area contributed by atoms with Crippen molar-refractivity contribution in [3.8, 4) is 16.5 Å². The fraction of sp³-hybridized carbons (Fsp3) is 0.154. The van der Waals surface area contributed by atoms with Crippen LogP contribution in [-0.4, -0.2) is 9.55 Å². The van der Waals surface area contributed by atoms with E-state index in [2.05, 4.69) is 4.98 Å². The van der Waals surface area contributed by atoms with E-state index in [0.29, 0.717) is 5.39 Å². The van der Waals surface area contributed by atoms with Gasteiger partial charge in [-0.05, 0) is 18.4 Å². The highest BCUT2D eigenvalue weighted by Crippen LogP contribution is 2.37. The van der Waals surface area contributed by atoms with Crippen LogP contribution in [0.5, 0.6) is 0 Å². The van der Waals surface area contributed by atoms with Crippen molar-refractivity contribution in [1.82, 2.24) is 9.55 Å². The zero-order valence-corrected chi connectivity index (χ0v) is 11.7. The summed E-state index contributed by atoms with van der Waals surface area (Å²) in [6.07, 6.45) is 1.45. The highest BCUT2D eigenvalue weighted by molar-refractivity contribution is 7.20. The van der Waals surface area contributed by atoms with Crippen molar-refractivity contribution >= 4 is 32.9 Å². The first-order valence-corrected chi connectivity index (χ1v) is 7.31. The number of aryl methyl sites for hydroxylation is 1. The van der Waals surface area contributed by atoms with Gasteiger partial charge in [-0.1, -0.05) is 6.07 Å². The van der Waals surface area contributed by atoms with Crippen LogP contribution < -0.4 is 5.56 Å². The molecule has 6 heteroatoms. The van der Waals surface area contributed by atoms with Crippen LogP contribution in [0.4, 0.5) is 0 Å². The molecule has 94 valence electrons. The van der Waals surface area contributed by atoms with Crippen molar-refractivity contribution in [1.29, 1.82) is 5.26 Å². The van der Waals surface area contributed by atoms with Crippen molar-refractivity contribution in [2.75, 3.05) is 0 Å². The van der Waals surface area contributed by atoms with Crippen LogP contribution in [-0.2, 0) is 6.54 Å². The Morgan fingerprint density at radius 1 is 1.53 bits per heavy atom. The minimum atomic E-state index is -0.140. The van der Waals surface area contributed by atoms with E-state index in [0.717, 1.165) is 20.1 Å². The summed E-state index contributed by atoms with van der Waals surface area (Å²) in [7, 11) is 0. The molecular weight excluding hydrogens is 278 g/mol. The second-order valence-corrected chi connectivity index (χ2v) is 6.18. The van der Waals surface area contributed by atoms with Crippen LogP contribution >= 0.6 is 22.7 Å². The standard InChI is InChI=1S/C13H9N3OS2/c1-8-10(9-3-2-6-18-9)11-12(19-8)15-7-16(5-4-14)13(11)17/h2-3,6-7H,5H2,1H3. The average Bonchev–Trinajstić information content (AvgIpc) is 2.99. The number of nitrogens with zero attached hydrogens (tertiary/aromatic N) is 3. The third kappa shape index (κ3) is 1.87. The molecule has 0 spiro atoms. The minimum absolute atomic E-state index is 0.0283. The van der Waals surface area contributed by atoms with E-state index >= 15 is 0 Å². The Balaban J connectivity index is 2.39. The van der Waals surface area contributed by atoms with Crippen molar-refractivity contribution < 1.29 is 0 Å². The third-order valence-electron chi connectivity index (χ3n) is 2.86. The lowest BCUT2D eigenvalue weighted by Crippen LogP contribution is -2.19. The highest BCUT2D eigenvalue weighted by atomic mass is 32.1. The largest absolute Gasteiger partial charge is 0.285 e. The van der Waals surface area contributed by atoms with Crippen molar-refractivity contribution in [2.45, 2.75) is 13.5 Å². The van der Waals surface area contributed by atoms with Gasteiger partial charge in [-0.25, -0.2) is 4.98 Å². The fourth-order valence-electron chi connectivity index (χ4n) is 2.04. The average molecular weight is 287 g/mol. The summed E-state index contributed by atoms with van der Waals surface area (Å²) in [6, 6.07) is 5.95. The van der Waals surface area contributed by atoms with Gasteiger partial charge in [0, 0.05) is 15.3 Å². The molecule has 19 heavy (non-hydrogen) atoms. The number of nitriles is 1. The molecule has 3 rings (SSSR count). The number of fused-ring (bicyclic) bond motifs is 1. The van der Waals surface area contributed by atoms with Crippen LogP contribution in [0.2, 0.25) is 0 Å². The topological polar surface area (TPSA) is 58.7 Å². The Kier molecular flexibility index (Phi) is 2.93. The first-order chi connectivity index (χ1) is 9.22. The summed E-state index contributed by atoms with van der Waals surface area (Å²) in [4.78, 5) is 19.6. The zero-order chi connectivity index (χ0) is 13.4. The summed E-state index contributed by atoms with van der Waals surface area (Å²) in [5, 5.41) is 11.4. The summed E-state index contributed by atoms with van der Waals surface area (Å²) < 4.78 is 1.35. The molecule has 0 aliphatic carbocycles. The molecule has 0 saturated heterocycles. The van der Waals surface area contributed by atoms with Crippen molar-refractivity contribution in [3.05, 3.63) is 39.1 Å². The minimum Gasteiger partial charge on any atom is -0.285 e. The van der Waals surface area contributed by atoms with Crippen molar-refractivity contribution in [2.24, 2.45) is 0 Å². The van der Waals surface area contributed by atoms with Crippen LogP contribution in [0.3, 0.4) is 0 Å². The van der Waals surface area contributed by atoms with E-state index in [-0.39, 0.29) is 12.1 Å². The number of aromatic nitrogens is 2. The van der Waals surface area contributed by atoms with Gasteiger partial charge in [0.25, 0.3) is 5.56 Å².